The van der Waals surface area contributed by atoms with Gasteiger partial charge in [0.05, 0.1) is 69.5 Å². The van der Waals surface area contributed by atoms with Crippen LogP contribution in [0, 0.1) is 38.5 Å². The Bertz CT molecular complexity index is 3890. The average Bonchev–Trinajstić information content (AvgIpc) is 1.65. The maximum absolute atomic E-state index is 13.3. The van der Waals surface area contributed by atoms with Gasteiger partial charge in [-0.05, 0) is 153 Å². The number of hydrogen-bond donors (Lipinski definition) is 1. The molecular formula is C60H78Cl3N6NaO18S5. The number of ketones is 1. The van der Waals surface area contributed by atoms with Gasteiger partial charge in [0.15, 0.2) is 30.6 Å². The first kappa shape index (κ1) is 78.1. The Kier molecular flexibility index (Phi) is 29.8. The van der Waals surface area contributed by atoms with Gasteiger partial charge in [0.25, 0.3) is 16.7 Å². The fraction of sp³-hybridized carbons (Fsp3) is 0.600. The van der Waals surface area contributed by atoms with Gasteiger partial charge < -0.3 is 38.5 Å². The first-order valence-electron chi connectivity index (χ1n) is 30.2. The Morgan fingerprint density at radius 1 is 0.559 bits per heavy atom. The van der Waals surface area contributed by atoms with Crippen LogP contribution >= 0.6 is 57.5 Å². The van der Waals surface area contributed by atoms with Gasteiger partial charge in [0.2, 0.25) is 0 Å². The Labute approximate surface area is 586 Å². The molecule has 5 aromatic rings. The van der Waals surface area contributed by atoms with Crippen molar-refractivity contribution >= 4 is 110 Å². The minimum absolute atomic E-state index is 0. The molecule has 3 saturated heterocycles. The zero-order valence-corrected chi connectivity index (χ0v) is 61.1. The van der Waals surface area contributed by atoms with Gasteiger partial charge in [-0.1, -0.05) is 46.1 Å². The second-order valence-electron chi connectivity index (χ2n) is 23.5. The fourth-order valence-corrected chi connectivity index (χ4v) is 17.2. The van der Waals surface area contributed by atoms with Gasteiger partial charge in [0, 0.05) is 85.2 Å². The molecule has 6 fully saturated rings. The molecule has 93 heavy (non-hydrogen) atoms. The first-order chi connectivity index (χ1) is 43.5. The van der Waals surface area contributed by atoms with E-state index in [1.165, 1.54) is 87.3 Å². The van der Waals surface area contributed by atoms with E-state index in [0.717, 1.165) is 44.6 Å². The molecule has 0 bridgehead atoms. The second kappa shape index (κ2) is 35.5. The van der Waals surface area contributed by atoms with Gasteiger partial charge in [-0.25, -0.2) is 44.8 Å². The number of carbonyl (C=O) groups excluding carboxylic acids is 3. The molecule has 3 aliphatic heterocycles. The van der Waals surface area contributed by atoms with Crippen LogP contribution in [0.15, 0.2) is 73.0 Å². The molecule has 0 radical (unpaired) electrons. The fourth-order valence-electron chi connectivity index (χ4n) is 11.1. The van der Waals surface area contributed by atoms with E-state index >= 15 is 0 Å². The molecule has 508 valence electrons. The predicted molar refractivity (Wildman–Crippen MR) is 347 cm³/mol. The van der Waals surface area contributed by atoms with E-state index in [4.69, 9.17) is 64.2 Å². The van der Waals surface area contributed by atoms with Crippen molar-refractivity contribution in [3.63, 3.8) is 0 Å². The van der Waals surface area contributed by atoms with E-state index in [0.29, 0.717) is 144 Å². The van der Waals surface area contributed by atoms with Gasteiger partial charge in [0.1, 0.15) is 25.8 Å². The van der Waals surface area contributed by atoms with Gasteiger partial charge in [-0.15, -0.1) is 11.3 Å². The smallest absolute Gasteiger partial charge is 0.748 e. The third kappa shape index (κ3) is 22.8. The topological polar surface area (TPSA) is 341 Å². The number of esters is 2. The molecule has 0 aromatic carbocycles. The van der Waals surface area contributed by atoms with Crippen molar-refractivity contribution in [2.45, 2.75) is 167 Å². The summed E-state index contributed by atoms with van der Waals surface area (Å²) >= 11 is 19.8. The number of anilines is 1. The van der Waals surface area contributed by atoms with Crippen molar-refractivity contribution in [2.24, 2.45) is 17.8 Å². The number of sulfone groups is 2. The van der Waals surface area contributed by atoms with Crippen LogP contribution in [0.1, 0.15) is 137 Å². The number of aryl methyl sites for hydroxylation is 3. The van der Waals surface area contributed by atoms with Crippen LogP contribution in [-0.4, -0.2) is 141 Å². The van der Waals surface area contributed by atoms with Crippen molar-refractivity contribution in [2.75, 3.05) is 59.6 Å². The molecular weight excluding hydrogens is 1380 g/mol. The zero-order valence-electron chi connectivity index (χ0n) is 52.7. The molecule has 2 N–H and O–H groups in total. The summed E-state index contributed by atoms with van der Waals surface area (Å²) in [6.45, 7) is 9.09. The molecule has 0 spiro atoms. The summed E-state index contributed by atoms with van der Waals surface area (Å²) in [5, 5.41) is 0.193. The number of thiazole rings is 2. The van der Waals surface area contributed by atoms with Crippen LogP contribution in [0.25, 0.3) is 0 Å². The summed E-state index contributed by atoms with van der Waals surface area (Å²) in [5.74, 6) is -0.142. The minimum atomic E-state index is -3.88. The number of nitrogens with two attached hydrogens (primary N) is 1. The van der Waals surface area contributed by atoms with Crippen LogP contribution in [0.2, 0.25) is 13.7 Å². The summed E-state index contributed by atoms with van der Waals surface area (Å²) in [6.07, 6.45) is 13.5. The largest absolute Gasteiger partial charge is 1.00 e. The standard InChI is InChI=1S/C21H25ClN2O5S2.C18H25NO6S.C15H20ClNO4.C3H3ClN2S.C3H6O3S.Na/c1-13-8-16(31(27,28)15-2-3-15)10-21(26)24(13)17(9-14-4-6-29-7-5-14)18(25)11-20-23-12-19(22)30-20;1-12-9-15(26(22,23)14-3-4-14)11-17(20)19(12)16(18(21)24-2)10-13-5-7-25-8-6-13;1-10-7-12(16)9-14(18)17(10)13(15(19)20-2)8-11-3-5-21-6-4-11;4-2-1-6-3(5)7-2;4-7(5,6)3-1-2-3;/h8,10,12,14-15,17H,2-7,9,11H2,1H3;9,11,13-14,16H,3-8,10H2,1-2H3;7,9,11,13H,3-6,8H2,1-2H3;1H,(H2,5,6);3H,1-2H2,(H,4,5,6);/q;;;;;+1/p-1. The number of hydrogen-bond acceptors (Lipinski definition) is 23. The number of pyridine rings is 3. The average molecular weight is 1460 g/mol. The summed E-state index contributed by atoms with van der Waals surface area (Å²) in [7, 11) is -8.18. The third-order valence-electron chi connectivity index (χ3n) is 16.5. The van der Waals surface area contributed by atoms with Gasteiger partial charge in [-0.3, -0.25) is 28.3 Å². The molecule has 33 heteroatoms. The molecule has 3 saturated carbocycles. The van der Waals surface area contributed by atoms with Crippen molar-refractivity contribution in [3.05, 3.63) is 116 Å². The number of carbonyl (C=O) groups is 3. The second-order valence-corrected chi connectivity index (χ2v) is 33.4. The van der Waals surface area contributed by atoms with Crippen LogP contribution < -0.4 is 52.0 Å². The summed E-state index contributed by atoms with van der Waals surface area (Å²) in [6, 6.07) is 6.30. The normalized spacial score (nSPS) is 18.2. The Balaban J connectivity index is 0.000000201. The third-order valence-corrected chi connectivity index (χ3v) is 24.6. The van der Waals surface area contributed by atoms with Crippen LogP contribution in [0.4, 0.5) is 5.13 Å². The van der Waals surface area contributed by atoms with Crippen LogP contribution in [0.3, 0.4) is 0 Å². The Morgan fingerprint density at radius 2 is 0.914 bits per heavy atom. The van der Waals surface area contributed by atoms with Gasteiger partial charge >= 0.3 is 41.5 Å². The minimum Gasteiger partial charge on any atom is -0.748 e. The number of aromatic nitrogens is 5. The summed E-state index contributed by atoms with van der Waals surface area (Å²) < 4.78 is 111. The van der Waals surface area contributed by atoms with E-state index in [1.54, 1.807) is 26.8 Å². The molecule has 3 atom stereocenters. The molecule has 11 rings (SSSR count). The molecule has 5 aromatic heterocycles. The van der Waals surface area contributed by atoms with Crippen molar-refractivity contribution in [1.82, 2.24) is 23.7 Å². The Morgan fingerprint density at radius 3 is 1.20 bits per heavy atom. The quantitative estimate of drug-likeness (QED) is 0.0613. The van der Waals surface area contributed by atoms with E-state index in [2.05, 4.69) is 9.97 Å². The van der Waals surface area contributed by atoms with Crippen LogP contribution in [-0.2, 0) is 74.3 Å². The van der Waals surface area contributed by atoms with Crippen molar-refractivity contribution in [3.8, 4) is 0 Å². The molecule has 6 aliphatic rings. The molecule has 3 unspecified atom stereocenters. The van der Waals surface area contributed by atoms with Crippen molar-refractivity contribution in [1.29, 1.82) is 0 Å². The number of ether oxygens (including phenoxy) is 5. The predicted octanol–water partition coefficient (Wildman–Crippen LogP) is 5.41. The number of Topliss-reactive ketones (excluding diaryl/α,β-unsaturated/α-hetero) is 1. The SMILES string of the molecule is COC(=O)C(CC1CCOCC1)n1c(C)cc(Cl)cc1=O.COC(=O)C(CC1CCOCC1)n1c(C)cc(S(=O)(=O)C2CC2)cc1=O.Cc1cc(S(=O)(=O)C2CC2)cc(=O)n1C(CC1CCOCC1)C(=O)Cc1ncc(Cl)s1.Nc1ncc(Cl)s1.O=S(=O)([O-])C1CC1.[Na+]. The Hall–Kier alpha value is -3.92. The summed E-state index contributed by atoms with van der Waals surface area (Å²) in [5.41, 5.74) is 5.59. The number of methoxy groups -OCH3 is 2. The molecule has 8 heterocycles. The van der Waals surface area contributed by atoms with Crippen LogP contribution in [0.5, 0.6) is 0 Å². The van der Waals surface area contributed by atoms with E-state index in [-0.39, 0.29) is 74.2 Å². The number of halogens is 3. The maximum atomic E-state index is 13.3. The number of rotatable bonds is 19. The van der Waals surface area contributed by atoms with E-state index in [1.807, 2.05) is 0 Å². The van der Waals surface area contributed by atoms with E-state index < -0.39 is 81.5 Å². The molecule has 3 aliphatic carbocycles. The number of nitrogens with zero attached hydrogens (tertiary/aromatic N) is 5. The monoisotopic (exact) mass is 1460 g/mol. The first-order valence-corrected chi connectivity index (χ1v) is 37.5. The zero-order chi connectivity index (χ0) is 67.2. The molecule has 0 amide bonds. The maximum Gasteiger partial charge on any atom is 1.00 e. The van der Waals surface area contributed by atoms with Crippen molar-refractivity contribution < 1.29 is 97.4 Å². The number of nitrogen functional groups attached to an aromatic ring is 1. The molecule has 24 nitrogen and oxygen atoms in total. The summed E-state index contributed by atoms with van der Waals surface area (Å²) in [4.78, 5) is 83.8. The van der Waals surface area contributed by atoms with E-state index in [9.17, 15) is 58.6 Å². The van der Waals surface area contributed by atoms with Gasteiger partial charge in [-0.2, -0.15) is 0 Å².